The van der Waals surface area contributed by atoms with Gasteiger partial charge in [-0.1, -0.05) is 12.8 Å². The number of carbonyl (C=O) groups is 2. The zero-order chi connectivity index (χ0) is 19.2. The number of benzene rings is 2. The van der Waals surface area contributed by atoms with Gasteiger partial charge >= 0.3 is 0 Å². The smallest absolute Gasteiger partial charge is 0.166 e. The number of Topliss-reactive ketones (excluding diaryl/α,β-unsaturated/α-hetero) is 2. The van der Waals surface area contributed by atoms with Gasteiger partial charge in [-0.2, -0.15) is 0 Å². The van der Waals surface area contributed by atoms with Crippen LogP contribution >= 0.6 is 0 Å². The number of carbonyl (C=O) groups excluding carboxylic acids is 2. The van der Waals surface area contributed by atoms with E-state index in [0.717, 1.165) is 37.2 Å². The molecule has 0 amide bonds. The Kier molecular flexibility index (Phi) is 6.28. The molecule has 1 aliphatic carbocycles. The lowest BCUT2D eigenvalue weighted by Crippen LogP contribution is -2.29. The summed E-state index contributed by atoms with van der Waals surface area (Å²) in [6.07, 6.45) is 4.31. The van der Waals surface area contributed by atoms with Crippen molar-refractivity contribution >= 4 is 11.6 Å². The summed E-state index contributed by atoms with van der Waals surface area (Å²) in [5.74, 6) is 1.72. The molecule has 1 aliphatic rings. The van der Waals surface area contributed by atoms with Crippen molar-refractivity contribution in [3.05, 3.63) is 59.7 Å². The summed E-state index contributed by atoms with van der Waals surface area (Å²) >= 11 is 0. The van der Waals surface area contributed by atoms with Crippen molar-refractivity contribution in [2.45, 2.75) is 32.1 Å². The van der Waals surface area contributed by atoms with Crippen molar-refractivity contribution < 1.29 is 19.1 Å². The van der Waals surface area contributed by atoms with E-state index in [9.17, 15) is 9.59 Å². The molecule has 3 rings (SSSR count). The monoisotopic (exact) mass is 366 g/mol. The first-order valence-corrected chi connectivity index (χ1v) is 9.48. The van der Waals surface area contributed by atoms with Crippen LogP contribution in [0, 0.1) is 11.8 Å². The molecule has 1 fully saturated rings. The van der Waals surface area contributed by atoms with Crippen LogP contribution in [0.5, 0.6) is 11.5 Å². The highest BCUT2D eigenvalue weighted by atomic mass is 16.5. The Bertz CT molecular complexity index is 777. The highest BCUT2D eigenvalue weighted by Gasteiger charge is 2.33. The maximum absolute atomic E-state index is 13.0. The second-order valence-corrected chi connectivity index (χ2v) is 7.10. The van der Waals surface area contributed by atoms with Gasteiger partial charge in [-0.15, -0.1) is 0 Å². The SMILES string of the molecule is COc1ccc(C(=O)CC2CCCCC2C(=O)c2ccc(OC)cc2)cc1. The van der Waals surface area contributed by atoms with E-state index in [0.29, 0.717) is 17.5 Å². The minimum atomic E-state index is -0.0886. The zero-order valence-corrected chi connectivity index (χ0v) is 15.9. The first-order valence-electron chi connectivity index (χ1n) is 9.48. The average Bonchev–Trinajstić information content (AvgIpc) is 2.73. The van der Waals surface area contributed by atoms with E-state index in [4.69, 9.17) is 9.47 Å². The van der Waals surface area contributed by atoms with E-state index in [-0.39, 0.29) is 23.4 Å². The van der Waals surface area contributed by atoms with E-state index in [1.807, 2.05) is 24.3 Å². The Morgan fingerprint density at radius 2 is 1.33 bits per heavy atom. The number of hydrogen-bond donors (Lipinski definition) is 0. The molecule has 2 aromatic carbocycles. The lowest BCUT2D eigenvalue weighted by Gasteiger charge is -2.30. The van der Waals surface area contributed by atoms with Crippen LogP contribution in [0.2, 0.25) is 0 Å². The molecule has 0 aliphatic heterocycles. The summed E-state index contributed by atoms with van der Waals surface area (Å²) in [5, 5.41) is 0. The minimum absolute atomic E-state index is 0.0886. The second kappa shape index (κ2) is 8.85. The van der Waals surface area contributed by atoms with Gasteiger partial charge in [-0.3, -0.25) is 9.59 Å². The van der Waals surface area contributed by atoms with Gasteiger partial charge in [-0.25, -0.2) is 0 Å². The topological polar surface area (TPSA) is 52.6 Å². The van der Waals surface area contributed by atoms with Gasteiger partial charge in [0.05, 0.1) is 14.2 Å². The molecule has 0 aromatic heterocycles. The van der Waals surface area contributed by atoms with Crippen molar-refractivity contribution in [3.8, 4) is 11.5 Å². The minimum Gasteiger partial charge on any atom is -0.497 e. The molecule has 0 heterocycles. The van der Waals surface area contributed by atoms with Gasteiger partial charge in [0.2, 0.25) is 0 Å². The van der Waals surface area contributed by atoms with Crippen LogP contribution in [0.4, 0.5) is 0 Å². The van der Waals surface area contributed by atoms with Crippen LogP contribution in [0.3, 0.4) is 0 Å². The highest BCUT2D eigenvalue weighted by Crippen LogP contribution is 2.35. The fourth-order valence-corrected chi connectivity index (χ4v) is 3.90. The number of ketones is 2. The lowest BCUT2D eigenvalue weighted by molar-refractivity contribution is 0.0784. The fourth-order valence-electron chi connectivity index (χ4n) is 3.90. The van der Waals surface area contributed by atoms with Crippen LogP contribution < -0.4 is 9.47 Å². The third-order valence-electron chi connectivity index (χ3n) is 5.48. The maximum Gasteiger partial charge on any atom is 0.166 e. The Morgan fingerprint density at radius 3 is 1.89 bits per heavy atom. The maximum atomic E-state index is 13.0. The number of ether oxygens (including phenoxy) is 2. The molecule has 0 N–H and O–H groups in total. The number of rotatable bonds is 7. The molecular weight excluding hydrogens is 340 g/mol. The van der Waals surface area contributed by atoms with Crippen molar-refractivity contribution in [2.75, 3.05) is 14.2 Å². The quantitative estimate of drug-likeness (QED) is 0.650. The predicted octanol–water partition coefficient (Wildman–Crippen LogP) is 4.97. The van der Waals surface area contributed by atoms with Crippen LogP contribution in [-0.4, -0.2) is 25.8 Å². The van der Waals surface area contributed by atoms with E-state index >= 15 is 0 Å². The predicted molar refractivity (Wildman–Crippen MR) is 105 cm³/mol. The largest absolute Gasteiger partial charge is 0.497 e. The average molecular weight is 366 g/mol. The Morgan fingerprint density at radius 1 is 0.815 bits per heavy atom. The van der Waals surface area contributed by atoms with E-state index in [1.165, 1.54) is 0 Å². The van der Waals surface area contributed by atoms with Crippen molar-refractivity contribution in [1.82, 2.24) is 0 Å². The molecule has 4 nitrogen and oxygen atoms in total. The van der Waals surface area contributed by atoms with E-state index < -0.39 is 0 Å². The van der Waals surface area contributed by atoms with Gasteiger partial charge in [0.1, 0.15) is 11.5 Å². The molecule has 2 unspecified atom stereocenters. The standard InChI is InChI=1S/C23H26O4/c1-26-19-11-7-16(8-12-19)22(24)15-18-5-3-4-6-21(18)23(25)17-9-13-20(27-2)14-10-17/h7-14,18,21H,3-6,15H2,1-2H3. The highest BCUT2D eigenvalue weighted by molar-refractivity contribution is 6.00. The molecule has 0 spiro atoms. The van der Waals surface area contributed by atoms with Crippen LogP contribution in [0.15, 0.2) is 48.5 Å². The van der Waals surface area contributed by atoms with Crippen LogP contribution in [0.25, 0.3) is 0 Å². The van der Waals surface area contributed by atoms with Crippen molar-refractivity contribution in [1.29, 1.82) is 0 Å². The summed E-state index contributed by atoms with van der Waals surface area (Å²) in [6.45, 7) is 0. The van der Waals surface area contributed by atoms with E-state index in [2.05, 4.69) is 0 Å². The molecule has 4 heteroatoms. The first kappa shape index (κ1) is 19.2. The molecule has 0 saturated heterocycles. The number of hydrogen-bond acceptors (Lipinski definition) is 4. The first-order chi connectivity index (χ1) is 13.1. The zero-order valence-electron chi connectivity index (χ0n) is 15.9. The molecule has 142 valence electrons. The summed E-state index contributed by atoms with van der Waals surface area (Å²) < 4.78 is 10.3. The molecule has 1 saturated carbocycles. The Labute approximate surface area is 160 Å². The summed E-state index contributed by atoms with van der Waals surface area (Å²) in [4.78, 5) is 25.8. The Hall–Kier alpha value is -2.62. The van der Waals surface area contributed by atoms with Crippen LogP contribution in [-0.2, 0) is 0 Å². The van der Waals surface area contributed by atoms with Crippen molar-refractivity contribution in [3.63, 3.8) is 0 Å². The molecular formula is C23H26O4. The van der Waals surface area contributed by atoms with Gasteiger partial charge < -0.3 is 9.47 Å². The summed E-state index contributed by atoms with van der Waals surface area (Å²) in [5.41, 5.74) is 1.38. The molecule has 2 aromatic rings. The molecule has 0 bridgehead atoms. The second-order valence-electron chi connectivity index (χ2n) is 7.10. The summed E-state index contributed by atoms with van der Waals surface area (Å²) in [7, 11) is 3.22. The molecule has 27 heavy (non-hydrogen) atoms. The van der Waals surface area contributed by atoms with Gasteiger partial charge in [0.25, 0.3) is 0 Å². The number of methoxy groups -OCH3 is 2. The summed E-state index contributed by atoms with van der Waals surface area (Å²) in [6, 6.07) is 14.5. The lowest BCUT2D eigenvalue weighted by atomic mass is 9.73. The molecule has 0 radical (unpaired) electrons. The normalized spacial score (nSPS) is 19.3. The van der Waals surface area contributed by atoms with Gasteiger partial charge in [0, 0.05) is 23.5 Å². The third kappa shape index (κ3) is 4.57. The van der Waals surface area contributed by atoms with Crippen LogP contribution in [0.1, 0.15) is 52.8 Å². The molecule has 2 atom stereocenters. The Balaban J connectivity index is 1.71. The van der Waals surface area contributed by atoms with E-state index in [1.54, 1.807) is 38.5 Å². The van der Waals surface area contributed by atoms with Gasteiger partial charge in [0.15, 0.2) is 11.6 Å². The third-order valence-corrected chi connectivity index (χ3v) is 5.48. The fraction of sp³-hybridized carbons (Fsp3) is 0.391. The van der Waals surface area contributed by atoms with Crippen molar-refractivity contribution in [2.24, 2.45) is 11.8 Å². The van der Waals surface area contributed by atoms with Gasteiger partial charge in [-0.05, 0) is 67.3 Å².